The fourth-order valence-corrected chi connectivity index (χ4v) is 2.60. The molecule has 1 aromatic rings. The fourth-order valence-electron chi connectivity index (χ4n) is 2.60. The number of rotatable bonds is 3. The highest BCUT2D eigenvalue weighted by Gasteiger charge is 2.38. The lowest BCUT2D eigenvalue weighted by molar-refractivity contribution is -0.384. The predicted molar refractivity (Wildman–Crippen MR) is 68.8 cm³/mol. The topological polar surface area (TPSA) is 72.7 Å². The van der Waals surface area contributed by atoms with Crippen molar-refractivity contribution in [1.82, 2.24) is 4.90 Å². The minimum atomic E-state index is -0.421. The van der Waals surface area contributed by atoms with Crippen molar-refractivity contribution in [3.05, 3.63) is 39.9 Å². The van der Waals surface area contributed by atoms with Crippen LogP contribution in [0.5, 0.6) is 0 Å². The number of nitro benzene ring substituents is 1. The molecule has 2 rings (SSSR count). The Balaban J connectivity index is 2.31. The third-order valence-electron chi connectivity index (χ3n) is 3.52. The molecule has 0 saturated carbocycles. The Kier molecular flexibility index (Phi) is 3.80. The van der Waals surface area contributed by atoms with Crippen molar-refractivity contribution < 1.29 is 14.5 Å². The number of esters is 1. The van der Waals surface area contributed by atoms with Crippen molar-refractivity contribution >= 4 is 11.7 Å². The molecule has 102 valence electrons. The summed E-state index contributed by atoms with van der Waals surface area (Å²) in [6.45, 7) is 1.31. The van der Waals surface area contributed by atoms with Crippen LogP contribution in [0.4, 0.5) is 5.69 Å². The minimum Gasteiger partial charge on any atom is -0.469 e. The summed E-state index contributed by atoms with van der Waals surface area (Å²) < 4.78 is 4.81. The van der Waals surface area contributed by atoms with Crippen molar-refractivity contribution in [2.45, 2.75) is 5.92 Å². The molecule has 19 heavy (non-hydrogen) atoms. The maximum Gasteiger partial charge on any atom is 0.310 e. The Labute approximate surface area is 111 Å². The van der Waals surface area contributed by atoms with Gasteiger partial charge in [-0.15, -0.1) is 0 Å². The fraction of sp³-hybridized carbons (Fsp3) is 0.462. The van der Waals surface area contributed by atoms with E-state index in [1.165, 1.54) is 13.2 Å². The van der Waals surface area contributed by atoms with Crippen LogP contribution >= 0.6 is 0 Å². The van der Waals surface area contributed by atoms with Gasteiger partial charge in [0.15, 0.2) is 0 Å². The van der Waals surface area contributed by atoms with Crippen LogP contribution < -0.4 is 0 Å². The molecular weight excluding hydrogens is 248 g/mol. The Hall–Kier alpha value is -1.95. The molecule has 0 amide bonds. The molecule has 0 bridgehead atoms. The smallest absolute Gasteiger partial charge is 0.310 e. The van der Waals surface area contributed by atoms with Crippen LogP contribution in [0.3, 0.4) is 0 Å². The zero-order valence-corrected chi connectivity index (χ0v) is 10.9. The van der Waals surface area contributed by atoms with Gasteiger partial charge in [0.05, 0.1) is 18.0 Å². The Bertz CT molecular complexity index is 503. The number of ether oxygens (including phenoxy) is 1. The lowest BCUT2D eigenvalue weighted by Crippen LogP contribution is -2.23. The number of nitrogens with zero attached hydrogens (tertiary/aromatic N) is 2. The molecule has 2 atom stereocenters. The number of non-ortho nitro benzene ring substituents is 1. The molecule has 6 nitrogen and oxygen atoms in total. The standard InChI is InChI=1S/C13H16N2O4/c1-14-7-11(12(8-14)13(16)19-2)9-4-3-5-10(6-9)15(17)18/h3-6,11-12H,7-8H2,1-2H3/t11-,12-/m1/s1. The number of likely N-dealkylation sites (N-methyl/N-ethyl adjacent to an activating group) is 1. The van der Waals surface area contributed by atoms with E-state index in [1.54, 1.807) is 12.1 Å². The van der Waals surface area contributed by atoms with E-state index < -0.39 is 4.92 Å². The van der Waals surface area contributed by atoms with Gasteiger partial charge in [-0.25, -0.2) is 0 Å². The molecule has 0 N–H and O–H groups in total. The van der Waals surface area contributed by atoms with Crippen molar-refractivity contribution in [3.8, 4) is 0 Å². The summed E-state index contributed by atoms with van der Waals surface area (Å²) in [4.78, 5) is 24.2. The summed E-state index contributed by atoms with van der Waals surface area (Å²) in [6.07, 6.45) is 0. The van der Waals surface area contributed by atoms with E-state index in [9.17, 15) is 14.9 Å². The number of benzene rings is 1. The first-order chi connectivity index (χ1) is 9.02. The summed E-state index contributed by atoms with van der Waals surface area (Å²) in [5.41, 5.74) is 0.865. The van der Waals surface area contributed by atoms with Gasteiger partial charge in [-0.05, 0) is 12.6 Å². The van der Waals surface area contributed by atoms with Crippen LogP contribution in [-0.4, -0.2) is 43.0 Å². The van der Waals surface area contributed by atoms with Gasteiger partial charge in [0.1, 0.15) is 0 Å². The molecule has 1 fully saturated rings. The van der Waals surface area contributed by atoms with Crippen molar-refractivity contribution in [1.29, 1.82) is 0 Å². The average Bonchev–Trinajstić information content (AvgIpc) is 2.80. The molecule has 1 aliphatic rings. The molecule has 1 aromatic carbocycles. The van der Waals surface area contributed by atoms with E-state index in [2.05, 4.69) is 0 Å². The molecule has 0 aromatic heterocycles. The number of carbonyl (C=O) groups excluding carboxylic acids is 1. The highest BCUT2D eigenvalue weighted by atomic mass is 16.6. The molecule has 0 aliphatic carbocycles. The largest absolute Gasteiger partial charge is 0.469 e. The molecule has 0 spiro atoms. The molecule has 1 saturated heterocycles. The molecule has 0 radical (unpaired) electrons. The number of methoxy groups -OCH3 is 1. The number of carbonyl (C=O) groups is 1. The molecule has 6 heteroatoms. The van der Waals surface area contributed by atoms with E-state index >= 15 is 0 Å². The maximum atomic E-state index is 11.8. The summed E-state index contributed by atoms with van der Waals surface area (Å²) >= 11 is 0. The summed E-state index contributed by atoms with van der Waals surface area (Å²) in [7, 11) is 3.29. The predicted octanol–water partition coefficient (Wildman–Crippen LogP) is 1.41. The minimum absolute atomic E-state index is 0.0515. The Morgan fingerprint density at radius 1 is 1.47 bits per heavy atom. The Morgan fingerprint density at radius 2 is 2.21 bits per heavy atom. The quantitative estimate of drug-likeness (QED) is 0.469. The molecule has 1 heterocycles. The second-order valence-corrected chi connectivity index (χ2v) is 4.81. The first-order valence-corrected chi connectivity index (χ1v) is 6.03. The summed E-state index contributed by atoms with van der Waals surface area (Å²) in [5.74, 6) is -0.588. The van der Waals surface area contributed by atoms with Gasteiger partial charge in [0.25, 0.3) is 5.69 Å². The number of hydrogen-bond acceptors (Lipinski definition) is 5. The van der Waals surface area contributed by atoms with Gasteiger partial charge < -0.3 is 9.64 Å². The van der Waals surface area contributed by atoms with Crippen LogP contribution in [0, 0.1) is 16.0 Å². The van der Waals surface area contributed by atoms with Gasteiger partial charge in [0, 0.05) is 31.1 Å². The number of hydrogen-bond donors (Lipinski definition) is 0. The van der Waals surface area contributed by atoms with Crippen LogP contribution in [0.25, 0.3) is 0 Å². The van der Waals surface area contributed by atoms with E-state index in [-0.39, 0.29) is 23.5 Å². The van der Waals surface area contributed by atoms with Crippen LogP contribution in [0.15, 0.2) is 24.3 Å². The van der Waals surface area contributed by atoms with Crippen LogP contribution in [0.1, 0.15) is 11.5 Å². The lowest BCUT2D eigenvalue weighted by Gasteiger charge is -2.16. The molecular formula is C13H16N2O4. The van der Waals surface area contributed by atoms with E-state index in [1.807, 2.05) is 18.0 Å². The zero-order valence-electron chi connectivity index (χ0n) is 10.9. The van der Waals surface area contributed by atoms with Gasteiger partial charge in [-0.1, -0.05) is 12.1 Å². The normalized spacial score (nSPS) is 23.3. The Morgan fingerprint density at radius 3 is 2.84 bits per heavy atom. The maximum absolute atomic E-state index is 11.8. The number of likely N-dealkylation sites (tertiary alicyclic amines) is 1. The summed E-state index contributed by atoms with van der Waals surface area (Å²) in [5, 5.41) is 10.8. The van der Waals surface area contributed by atoms with Crippen LogP contribution in [0.2, 0.25) is 0 Å². The second-order valence-electron chi connectivity index (χ2n) is 4.81. The molecule has 1 aliphatic heterocycles. The van der Waals surface area contributed by atoms with Gasteiger partial charge >= 0.3 is 5.97 Å². The van der Waals surface area contributed by atoms with E-state index in [0.29, 0.717) is 13.1 Å². The van der Waals surface area contributed by atoms with Crippen molar-refractivity contribution in [3.63, 3.8) is 0 Å². The SMILES string of the molecule is COC(=O)[C@@H]1CN(C)C[C@@H]1c1cccc([N+](=O)[O-])c1. The van der Waals surface area contributed by atoms with Gasteiger partial charge in [-0.2, -0.15) is 0 Å². The van der Waals surface area contributed by atoms with Crippen LogP contribution in [-0.2, 0) is 9.53 Å². The first-order valence-electron chi connectivity index (χ1n) is 6.03. The van der Waals surface area contributed by atoms with Crippen molar-refractivity contribution in [2.24, 2.45) is 5.92 Å². The van der Waals surface area contributed by atoms with Gasteiger partial charge in [-0.3, -0.25) is 14.9 Å². The highest BCUT2D eigenvalue weighted by Crippen LogP contribution is 2.34. The zero-order chi connectivity index (χ0) is 14.0. The average molecular weight is 264 g/mol. The first kappa shape index (κ1) is 13.5. The highest BCUT2D eigenvalue weighted by molar-refractivity contribution is 5.74. The summed E-state index contributed by atoms with van der Waals surface area (Å²) in [6, 6.07) is 6.47. The van der Waals surface area contributed by atoms with E-state index in [0.717, 1.165) is 5.56 Å². The van der Waals surface area contributed by atoms with Gasteiger partial charge in [0.2, 0.25) is 0 Å². The van der Waals surface area contributed by atoms with Crippen molar-refractivity contribution in [2.75, 3.05) is 27.2 Å². The number of nitro groups is 1. The van der Waals surface area contributed by atoms with E-state index in [4.69, 9.17) is 4.74 Å². The third kappa shape index (κ3) is 2.73. The third-order valence-corrected chi connectivity index (χ3v) is 3.52. The monoisotopic (exact) mass is 264 g/mol. The lowest BCUT2D eigenvalue weighted by atomic mass is 9.89. The second kappa shape index (κ2) is 5.36. The molecule has 0 unspecified atom stereocenters.